The molecule has 4 rings (SSSR count). The topological polar surface area (TPSA) is 100 Å². The van der Waals surface area contributed by atoms with Crippen LogP contribution in [-0.2, 0) is 4.79 Å². The molecule has 0 spiro atoms. The second-order valence-corrected chi connectivity index (χ2v) is 6.78. The number of aromatic nitrogens is 2. The smallest absolute Gasteiger partial charge is 0.346 e. The second kappa shape index (κ2) is 6.86. The van der Waals surface area contributed by atoms with Crippen molar-refractivity contribution in [3.05, 3.63) is 65.0 Å². The minimum absolute atomic E-state index is 0.326. The molecule has 0 radical (unpaired) electrons. The lowest BCUT2D eigenvalue weighted by Crippen LogP contribution is -1.96. The standard InChI is InChI=1S/C20H11N3O3S/c21-11-15(20(24)25)10-16-7-8-17(27-16)18-22-19(26-23-18)14-6-5-12-3-1-2-4-13(12)9-14/h1-10H,(H,24,25)/b15-10-. The van der Waals surface area contributed by atoms with Crippen molar-refractivity contribution < 1.29 is 14.4 Å². The number of hydrogen-bond donors (Lipinski definition) is 1. The number of benzene rings is 2. The summed E-state index contributed by atoms with van der Waals surface area (Å²) in [6.45, 7) is 0. The Morgan fingerprint density at radius 2 is 1.96 bits per heavy atom. The van der Waals surface area contributed by atoms with Crippen LogP contribution in [0.2, 0.25) is 0 Å². The van der Waals surface area contributed by atoms with Crippen LogP contribution in [-0.4, -0.2) is 21.2 Å². The van der Waals surface area contributed by atoms with Gasteiger partial charge >= 0.3 is 5.97 Å². The van der Waals surface area contributed by atoms with Gasteiger partial charge in [-0.3, -0.25) is 0 Å². The third kappa shape index (κ3) is 3.34. The molecule has 6 nitrogen and oxygen atoms in total. The number of thiophene rings is 1. The summed E-state index contributed by atoms with van der Waals surface area (Å²) in [5.74, 6) is -0.438. The summed E-state index contributed by atoms with van der Waals surface area (Å²) in [4.78, 5) is 16.7. The number of aliphatic carboxylic acids is 1. The molecule has 0 aliphatic heterocycles. The molecule has 0 fully saturated rings. The first-order valence-corrected chi connectivity index (χ1v) is 8.74. The zero-order chi connectivity index (χ0) is 18.8. The van der Waals surface area contributed by atoms with Gasteiger partial charge in [0.2, 0.25) is 5.82 Å². The molecular formula is C20H11N3O3S. The van der Waals surface area contributed by atoms with E-state index in [4.69, 9.17) is 14.9 Å². The maximum absolute atomic E-state index is 10.9. The number of fused-ring (bicyclic) bond motifs is 1. The summed E-state index contributed by atoms with van der Waals surface area (Å²) in [7, 11) is 0. The van der Waals surface area contributed by atoms with Crippen molar-refractivity contribution in [3.8, 4) is 28.2 Å². The first-order valence-electron chi connectivity index (χ1n) is 7.92. The highest BCUT2D eigenvalue weighted by atomic mass is 32.1. The van der Waals surface area contributed by atoms with E-state index < -0.39 is 5.97 Å². The number of hydrogen-bond acceptors (Lipinski definition) is 6. The normalized spacial score (nSPS) is 11.4. The van der Waals surface area contributed by atoms with Gasteiger partial charge in [-0.15, -0.1) is 11.3 Å². The fraction of sp³-hybridized carbons (Fsp3) is 0. The monoisotopic (exact) mass is 373 g/mol. The van der Waals surface area contributed by atoms with Gasteiger partial charge in [0, 0.05) is 10.4 Å². The molecule has 0 amide bonds. The summed E-state index contributed by atoms with van der Waals surface area (Å²) in [5.41, 5.74) is 0.495. The van der Waals surface area contributed by atoms with E-state index in [0.29, 0.717) is 16.6 Å². The molecule has 0 atom stereocenters. The highest BCUT2D eigenvalue weighted by Gasteiger charge is 2.14. The van der Waals surface area contributed by atoms with Crippen molar-refractivity contribution in [2.75, 3.05) is 0 Å². The lowest BCUT2D eigenvalue weighted by molar-refractivity contribution is -0.132. The molecule has 27 heavy (non-hydrogen) atoms. The van der Waals surface area contributed by atoms with Crippen molar-refractivity contribution in [2.24, 2.45) is 0 Å². The van der Waals surface area contributed by atoms with Crippen LogP contribution in [0.15, 0.2) is 64.7 Å². The van der Waals surface area contributed by atoms with Gasteiger partial charge in [-0.2, -0.15) is 10.2 Å². The molecule has 130 valence electrons. The van der Waals surface area contributed by atoms with E-state index in [2.05, 4.69) is 10.1 Å². The lowest BCUT2D eigenvalue weighted by Gasteiger charge is -1.98. The molecule has 2 heterocycles. The predicted octanol–water partition coefficient (Wildman–Crippen LogP) is 4.61. The number of nitriles is 1. The Balaban J connectivity index is 1.65. The summed E-state index contributed by atoms with van der Waals surface area (Å²) in [5, 5.41) is 24.0. The zero-order valence-electron chi connectivity index (χ0n) is 13.8. The zero-order valence-corrected chi connectivity index (χ0v) is 14.6. The lowest BCUT2D eigenvalue weighted by atomic mass is 10.1. The quantitative estimate of drug-likeness (QED) is 0.414. The molecule has 0 aliphatic carbocycles. The Labute approximate surface area is 157 Å². The summed E-state index contributed by atoms with van der Waals surface area (Å²) < 4.78 is 5.39. The molecule has 0 saturated carbocycles. The van der Waals surface area contributed by atoms with Crippen LogP contribution in [0.25, 0.3) is 39.0 Å². The van der Waals surface area contributed by atoms with Crippen LogP contribution < -0.4 is 0 Å². The van der Waals surface area contributed by atoms with Gasteiger partial charge in [0.1, 0.15) is 11.6 Å². The average molecular weight is 373 g/mol. The van der Waals surface area contributed by atoms with Crippen molar-refractivity contribution in [1.29, 1.82) is 5.26 Å². The molecule has 2 aromatic heterocycles. The van der Waals surface area contributed by atoms with Gasteiger partial charge in [-0.05, 0) is 41.1 Å². The molecule has 4 aromatic rings. The van der Waals surface area contributed by atoms with Gasteiger partial charge in [0.05, 0.1) is 4.88 Å². The third-order valence-electron chi connectivity index (χ3n) is 3.91. The SMILES string of the molecule is N#C/C(=C/c1ccc(-c2noc(-c3ccc4ccccc4c3)n2)s1)C(=O)O. The molecule has 0 unspecified atom stereocenters. The first kappa shape index (κ1) is 16.7. The number of nitrogens with zero attached hydrogens (tertiary/aromatic N) is 3. The molecule has 0 saturated heterocycles. The Morgan fingerprint density at radius 1 is 1.15 bits per heavy atom. The van der Waals surface area contributed by atoms with Crippen LogP contribution >= 0.6 is 11.3 Å². The summed E-state index contributed by atoms with van der Waals surface area (Å²) in [6, 6.07) is 19.1. The Kier molecular flexibility index (Phi) is 4.24. The fourth-order valence-corrected chi connectivity index (χ4v) is 3.47. The number of rotatable bonds is 4. The molecule has 7 heteroatoms. The van der Waals surface area contributed by atoms with Crippen molar-refractivity contribution in [2.45, 2.75) is 0 Å². The van der Waals surface area contributed by atoms with E-state index >= 15 is 0 Å². The van der Waals surface area contributed by atoms with Crippen molar-refractivity contribution in [1.82, 2.24) is 10.1 Å². The van der Waals surface area contributed by atoms with Gasteiger partial charge < -0.3 is 9.63 Å². The van der Waals surface area contributed by atoms with E-state index in [1.165, 1.54) is 17.4 Å². The average Bonchev–Trinajstić information content (AvgIpc) is 3.35. The predicted molar refractivity (Wildman–Crippen MR) is 102 cm³/mol. The molecule has 0 bridgehead atoms. The molecule has 2 aromatic carbocycles. The number of carbonyl (C=O) groups is 1. The van der Waals surface area contributed by atoms with E-state index in [1.54, 1.807) is 18.2 Å². The summed E-state index contributed by atoms with van der Waals surface area (Å²) >= 11 is 1.28. The minimum Gasteiger partial charge on any atom is -0.477 e. The Morgan fingerprint density at radius 3 is 2.74 bits per heavy atom. The highest BCUT2D eigenvalue weighted by molar-refractivity contribution is 7.16. The Bertz CT molecular complexity index is 1230. The van der Waals surface area contributed by atoms with E-state index in [1.807, 2.05) is 42.5 Å². The van der Waals surface area contributed by atoms with Gasteiger partial charge in [0.25, 0.3) is 5.89 Å². The van der Waals surface area contributed by atoms with Crippen LogP contribution in [0.5, 0.6) is 0 Å². The van der Waals surface area contributed by atoms with Gasteiger partial charge in [-0.1, -0.05) is 35.5 Å². The largest absolute Gasteiger partial charge is 0.477 e. The minimum atomic E-state index is -1.26. The van der Waals surface area contributed by atoms with Crippen LogP contribution in [0.4, 0.5) is 0 Å². The van der Waals surface area contributed by atoms with Crippen LogP contribution in [0.1, 0.15) is 4.88 Å². The van der Waals surface area contributed by atoms with Gasteiger partial charge in [-0.25, -0.2) is 4.79 Å². The van der Waals surface area contributed by atoms with Crippen LogP contribution in [0, 0.1) is 11.3 Å². The molecule has 0 aliphatic rings. The summed E-state index contributed by atoms with van der Waals surface area (Å²) in [6.07, 6.45) is 1.32. The third-order valence-corrected chi connectivity index (χ3v) is 4.94. The number of carboxylic acids is 1. The maximum atomic E-state index is 10.9. The molecular weight excluding hydrogens is 362 g/mol. The van der Waals surface area contributed by atoms with Gasteiger partial charge in [0.15, 0.2) is 0 Å². The number of carboxylic acid groups (broad SMARTS) is 1. The van der Waals surface area contributed by atoms with Crippen molar-refractivity contribution >= 4 is 34.2 Å². The fourth-order valence-electron chi connectivity index (χ4n) is 2.60. The first-order chi connectivity index (χ1) is 13.1. The van der Waals surface area contributed by atoms with Crippen molar-refractivity contribution in [3.63, 3.8) is 0 Å². The highest BCUT2D eigenvalue weighted by Crippen LogP contribution is 2.30. The van der Waals surface area contributed by atoms with E-state index in [9.17, 15) is 4.79 Å². The molecule has 1 N–H and O–H groups in total. The van der Waals surface area contributed by atoms with Crippen LogP contribution in [0.3, 0.4) is 0 Å². The Hall–Kier alpha value is -3.76. The maximum Gasteiger partial charge on any atom is 0.346 e. The second-order valence-electron chi connectivity index (χ2n) is 5.66. The van der Waals surface area contributed by atoms with E-state index in [0.717, 1.165) is 21.2 Å². The van der Waals surface area contributed by atoms with E-state index in [-0.39, 0.29) is 5.57 Å².